The van der Waals surface area contributed by atoms with E-state index in [-0.39, 0.29) is 17.3 Å². The summed E-state index contributed by atoms with van der Waals surface area (Å²) in [6, 6.07) is 16.3. The van der Waals surface area contributed by atoms with E-state index in [0.717, 1.165) is 11.1 Å². The first-order valence-corrected chi connectivity index (χ1v) is 8.25. The van der Waals surface area contributed by atoms with Gasteiger partial charge in [-0.25, -0.2) is 9.18 Å². The molecule has 0 aliphatic rings. The van der Waals surface area contributed by atoms with E-state index >= 15 is 0 Å². The molecule has 24 heavy (non-hydrogen) atoms. The highest BCUT2D eigenvalue weighted by Gasteiger charge is 2.22. The van der Waals surface area contributed by atoms with Crippen LogP contribution in [0.4, 0.5) is 9.18 Å². The van der Waals surface area contributed by atoms with Crippen molar-refractivity contribution >= 4 is 6.03 Å². The van der Waals surface area contributed by atoms with Crippen LogP contribution in [-0.4, -0.2) is 24.0 Å². The maximum Gasteiger partial charge on any atom is 0.317 e. The van der Waals surface area contributed by atoms with Gasteiger partial charge in [0.05, 0.1) is 0 Å². The van der Waals surface area contributed by atoms with E-state index in [1.165, 1.54) is 12.1 Å². The highest BCUT2D eigenvalue weighted by atomic mass is 19.1. The fourth-order valence-corrected chi connectivity index (χ4v) is 2.54. The Morgan fingerprint density at radius 2 is 1.71 bits per heavy atom. The van der Waals surface area contributed by atoms with Crippen LogP contribution in [0.5, 0.6) is 0 Å². The van der Waals surface area contributed by atoms with Crippen LogP contribution in [0.15, 0.2) is 54.6 Å². The summed E-state index contributed by atoms with van der Waals surface area (Å²) in [4.78, 5) is 14.2. The quantitative estimate of drug-likeness (QED) is 0.841. The third kappa shape index (κ3) is 4.82. The van der Waals surface area contributed by atoms with Gasteiger partial charge in [0, 0.05) is 25.0 Å². The molecule has 4 heteroatoms. The Kier molecular flexibility index (Phi) is 5.96. The molecule has 0 heterocycles. The first-order valence-electron chi connectivity index (χ1n) is 8.25. The Hall–Kier alpha value is -2.36. The molecule has 0 atom stereocenters. The molecule has 0 aliphatic carbocycles. The smallest absolute Gasteiger partial charge is 0.317 e. The van der Waals surface area contributed by atoms with Gasteiger partial charge < -0.3 is 10.2 Å². The van der Waals surface area contributed by atoms with Crippen molar-refractivity contribution < 1.29 is 9.18 Å². The summed E-state index contributed by atoms with van der Waals surface area (Å²) in [6.07, 6.45) is 0. The Balaban J connectivity index is 1.96. The molecule has 0 unspecified atom stereocenters. The molecule has 0 aliphatic heterocycles. The molecule has 1 N–H and O–H groups in total. The molecule has 3 nitrogen and oxygen atoms in total. The molecule has 0 saturated heterocycles. The van der Waals surface area contributed by atoms with Gasteiger partial charge in [-0.05, 0) is 30.2 Å². The van der Waals surface area contributed by atoms with Gasteiger partial charge in [0.2, 0.25) is 0 Å². The van der Waals surface area contributed by atoms with Crippen molar-refractivity contribution in [2.24, 2.45) is 0 Å². The summed E-state index contributed by atoms with van der Waals surface area (Å²) >= 11 is 0. The van der Waals surface area contributed by atoms with Crippen molar-refractivity contribution in [2.45, 2.75) is 32.7 Å². The van der Waals surface area contributed by atoms with Crippen LogP contribution in [0.2, 0.25) is 0 Å². The first-order chi connectivity index (χ1) is 11.4. The van der Waals surface area contributed by atoms with Crippen molar-refractivity contribution in [1.29, 1.82) is 0 Å². The van der Waals surface area contributed by atoms with Gasteiger partial charge in [0.1, 0.15) is 5.82 Å². The van der Waals surface area contributed by atoms with E-state index in [4.69, 9.17) is 0 Å². The molecule has 2 amide bonds. The standard InChI is InChI=1S/C20H25FN2O/c1-4-23(14-16-8-6-5-7-9-16)19(24)22-15-20(2,3)17-10-12-18(21)13-11-17/h5-13H,4,14-15H2,1-3H3,(H,22,24). The van der Waals surface area contributed by atoms with Crippen molar-refractivity contribution in [3.63, 3.8) is 0 Å². The van der Waals surface area contributed by atoms with Crippen LogP contribution in [0.1, 0.15) is 31.9 Å². The van der Waals surface area contributed by atoms with Gasteiger partial charge >= 0.3 is 6.03 Å². The molecule has 2 aromatic rings. The molecule has 2 rings (SSSR count). The van der Waals surface area contributed by atoms with Crippen LogP contribution >= 0.6 is 0 Å². The average Bonchev–Trinajstić information content (AvgIpc) is 2.59. The number of amides is 2. The maximum atomic E-state index is 13.1. The summed E-state index contributed by atoms with van der Waals surface area (Å²) in [6.45, 7) is 7.75. The molecule has 0 radical (unpaired) electrons. The molecular formula is C20H25FN2O. The van der Waals surface area contributed by atoms with Gasteiger partial charge in [0.25, 0.3) is 0 Å². The van der Waals surface area contributed by atoms with Gasteiger partial charge in [-0.3, -0.25) is 0 Å². The highest BCUT2D eigenvalue weighted by molar-refractivity contribution is 5.74. The summed E-state index contributed by atoms with van der Waals surface area (Å²) in [5.41, 5.74) is 1.83. The molecule has 128 valence electrons. The number of halogens is 1. The third-order valence-electron chi connectivity index (χ3n) is 4.19. The first kappa shape index (κ1) is 18.0. The fourth-order valence-electron chi connectivity index (χ4n) is 2.54. The zero-order chi connectivity index (χ0) is 17.6. The second kappa shape index (κ2) is 7.95. The molecule has 0 spiro atoms. The van der Waals surface area contributed by atoms with E-state index in [0.29, 0.717) is 19.6 Å². The Bertz CT molecular complexity index is 653. The predicted octanol–water partition coefficient (Wildman–Crippen LogP) is 4.34. The van der Waals surface area contributed by atoms with Crippen molar-refractivity contribution in [1.82, 2.24) is 10.2 Å². The van der Waals surface area contributed by atoms with E-state index in [2.05, 4.69) is 5.32 Å². The fraction of sp³-hybridized carbons (Fsp3) is 0.350. The largest absolute Gasteiger partial charge is 0.337 e. The van der Waals surface area contributed by atoms with Crippen molar-refractivity contribution in [3.8, 4) is 0 Å². The Morgan fingerprint density at radius 1 is 1.08 bits per heavy atom. The Morgan fingerprint density at radius 3 is 2.29 bits per heavy atom. The molecular weight excluding hydrogens is 303 g/mol. The number of carbonyl (C=O) groups excluding carboxylic acids is 1. The molecule has 0 fully saturated rings. The minimum absolute atomic E-state index is 0.0865. The van der Waals surface area contributed by atoms with E-state index in [1.54, 1.807) is 17.0 Å². The van der Waals surface area contributed by atoms with Crippen molar-refractivity contribution in [2.75, 3.05) is 13.1 Å². The second-order valence-electron chi connectivity index (χ2n) is 6.55. The Labute approximate surface area is 143 Å². The second-order valence-corrected chi connectivity index (χ2v) is 6.55. The molecule has 0 bridgehead atoms. The number of carbonyl (C=O) groups is 1. The summed E-state index contributed by atoms with van der Waals surface area (Å²) in [5, 5.41) is 3.00. The summed E-state index contributed by atoms with van der Waals surface area (Å²) in [5.74, 6) is -0.251. The highest BCUT2D eigenvalue weighted by Crippen LogP contribution is 2.22. The SMILES string of the molecule is CCN(Cc1ccccc1)C(=O)NCC(C)(C)c1ccc(F)cc1. The van der Waals surface area contributed by atoms with Gasteiger partial charge in [-0.2, -0.15) is 0 Å². The number of hydrogen-bond acceptors (Lipinski definition) is 1. The van der Waals surface area contributed by atoms with Crippen LogP contribution in [0.25, 0.3) is 0 Å². The third-order valence-corrected chi connectivity index (χ3v) is 4.19. The lowest BCUT2D eigenvalue weighted by molar-refractivity contribution is 0.195. The lowest BCUT2D eigenvalue weighted by Crippen LogP contribution is -2.44. The van der Waals surface area contributed by atoms with E-state index in [9.17, 15) is 9.18 Å². The van der Waals surface area contributed by atoms with Crippen LogP contribution < -0.4 is 5.32 Å². The summed E-state index contributed by atoms with van der Waals surface area (Å²) < 4.78 is 13.1. The van der Waals surface area contributed by atoms with Gasteiger partial charge in [-0.15, -0.1) is 0 Å². The average molecular weight is 328 g/mol. The lowest BCUT2D eigenvalue weighted by atomic mass is 9.84. The summed E-state index contributed by atoms with van der Waals surface area (Å²) in [7, 11) is 0. The zero-order valence-corrected chi connectivity index (χ0v) is 14.6. The lowest BCUT2D eigenvalue weighted by Gasteiger charge is -2.28. The maximum absolute atomic E-state index is 13.1. The molecule has 0 aromatic heterocycles. The molecule has 0 saturated carbocycles. The van der Waals surface area contributed by atoms with Crippen molar-refractivity contribution in [3.05, 3.63) is 71.5 Å². The van der Waals surface area contributed by atoms with E-state index < -0.39 is 0 Å². The zero-order valence-electron chi connectivity index (χ0n) is 14.6. The topological polar surface area (TPSA) is 32.3 Å². The monoisotopic (exact) mass is 328 g/mol. The number of nitrogens with zero attached hydrogens (tertiary/aromatic N) is 1. The van der Waals surface area contributed by atoms with Gasteiger partial charge in [0.15, 0.2) is 0 Å². The van der Waals surface area contributed by atoms with Crippen LogP contribution in [-0.2, 0) is 12.0 Å². The predicted molar refractivity (Wildman–Crippen MR) is 95.4 cm³/mol. The molecule has 2 aromatic carbocycles. The van der Waals surface area contributed by atoms with Crippen LogP contribution in [0, 0.1) is 5.82 Å². The number of rotatable bonds is 6. The number of benzene rings is 2. The normalized spacial score (nSPS) is 11.2. The van der Waals surface area contributed by atoms with Gasteiger partial charge in [-0.1, -0.05) is 56.3 Å². The minimum Gasteiger partial charge on any atom is -0.337 e. The van der Waals surface area contributed by atoms with E-state index in [1.807, 2.05) is 51.1 Å². The minimum atomic E-state index is -0.268. The van der Waals surface area contributed by atoms with Crippen LogP contribution in [0.3, 0.4) is 0 Å². The number of hydrogen-bond donors (Lipinski definition) is 1. The number of urea groups is 1. The number of nitrogens with one attached hydrogen (secondary N) is 1.